The first-order chi connectivity index (χ1) is 6.06. The van der Waals surface area contributed by atoms with Crippen molar-refractivity contribution in [3.63, 3.8) is 0 Å². The van der Waals surface area contributed by atoms with Crippen LogP contribution in [0.2, 0.25) is 0 Å². The zero-order valence-electron chi connectivity index (χ0n) is 7.66. The van der Waals surface area contributed by atoms with Crippen molar-refractivity contribution in [3.05, 3.63) is 0 Å². The van der Waals surface area contributed by atoms with E-state index in [1.165, 1.54) is 0 Å². The highest BCUT2D eigenvalue weighted by Crippen LogP contribution is 1.89. The first-order valence-corrected chi connectivity index (χ1v) is 4.21. The van der Waals surface area contributed by atoms with Gasteiger partial charge in [-0.1, -0.05) is 0 Å². The molecular formula is C7H13N3O2S. The van der Waals surface area contributed by atoms with Gasteiger partial charge in [0, 0.05) is 5.71 Å². The lowest BCUT2D eigenvalue weighted by molar-refractivity contribution is -0.141. The minimum Gasteiger partial charge on any atom is -0.466 e. The molecule has 0 fully saturated rings. The third-order valence-corrected chi connectivity index (χ3v) is 1.15. The van der Waals surface area contributed by atoms with Crippen LogP contribution in [0.5, 0.6) is 0 Å². The van der Waals surface area contributed by atoms with Crippen LogP contribution in [-0.2, 0) is 9.53 Å². The Morgan fingerprint density at radius 3 is 2.77 bits per heavy atom. The molecule has 0 spiro atoms. The van der Waals surface area contributed by atoms with Crippen molar-refractivity contribution in [1.82, 2.24) is 5.43 Å². The Hall–Kier alpha value is -1.17. The van der Waals surface area contributed by atoms with E-state index in [-0.39, 0.29) is 17.5 Å². The molecule has 13 heavy (non-hydrogen) atoms. The van der Waals surface area contributed by atoms with Crippen LogP contribution in [0.4, 0.5) is 0 Å². The number of thiocarbonyl (C=S) groups is 1. The molecule has 5 nitrogen and oxygen atoms in total. The molecule has 0 unspecified atom stereocenters. The van der Waals surface area contributed by atoms with Gasteiger partial charge in [0.25, 0.3) is 0 Å². The molecule has 0 amide bonds. The second-order valence-corrected chi connectivity index (χ2v) is 2.74. The van der Waals surface area contributed by atoms with Crippen molar-refractivity contribution in [2.75, 3.05) is 6.61 Å². The zero-order chi connectivity index (χ0) is 10.3. The predicted octanol–water partition coefficient (Wildman–Crippen LogP) is 0.149. The smallest absolute Gasteiger partial charge is 0.311 e. The van der Waals surface area contributed by atoms with E-state index >= 15 is 0 Å². The summed E-state index contributed by atoms with van der Waals surface area (Å²) < 4.78 is 4.71. The monoisotopic (exact) mass is 203 g/mol. The molecule has 3 N–H and O–H groups in total. The number of nitrogens with zero attached hydrogens (tertiary/aromatic N) is 1. The number of rotatable bonds is 4. The quantitative estimate of drug-likeness (QED) is 0.294. The largest absolute Gasteiger partial charge is 0.466 e. The lowest BCUT2D eigenvalue weighted by Gasteiger charge is -2.01. The highest BCUT2D eigenvalue weighted by Gasteiger charge is 2.03. The maximum Gasteiger partial charge on any atom is 0.311 e. The molecule has 0 rings (SSSR count). The lowest BCUT2D eigenvalue weighted by atomic mass is 10.3. The number of esters is 1. The highest BCUT2D eigenvalue weighted by molar-refractivity contribution is 7.80. The van der Waals surface area contributed by atoms with Gasteiger partial charge in [-0.15, -0.1) is 0 Å². The topological polar surface area (TPSA) is 76.7 Å². The van der Waals surface area contributed by atoms with Crippen LogP contribution in [0.3, 0.4) is 0 Å². The Labute approximate surface area is 82.3 Å². The van der Waals surface area contributed by atoms with E-state index in [1.807, 2.05) is 0 Å². The van der Waals surface area contributed by atoms with Gasteiger partial charge in [0.05, 0.1) is 13.0 Å². The van der Waals surface area contributed by atoms with Gasteiger partial charge in [-0.25, -0.2) is 0 Å². The summed E-state index contributed by atoms with van der Waals surface area (Å²) in [6.07, 6.45) is 0.142. The molecule has 0 radical (unpaired) electrons. The molecule has 0 saturated heterocycles. The molecule has 0 aromatic rings. The van der Waals surface area contributed by atoms with Crippen LogP contribution in [0.15, 0.2) is 5.10 Å². The van der Waals surface area contributed by atoms with Crippen molar-refractivity contribution in [2.24, 2.45) is 10.8 Å². The first kappa shape index (κ1) is 11.8. The standard InChI is InChI=1S/C7H13N3O2S/c1-3-12-6(11)4-5(2)9-10-7(8)13/h3-4H2,1-2H3,(H3,8,10,13)/b9-5-. The average Bonchev–Trinajstić information content (AvgIpc) is 2.01. The fraction of sp³-hybridized carbons (Fsp3) is 0.571. The number of nitrogens with one attached hydrogen (secondary N) is 1. The van der Waals surface area contributed by atoms with E-state index in [2.05, 4.69) is 22.7 Å². The van der Waals surface area contributed by atoms with Gasteiger partial charge in [0.15, 0.2) is 5.11 Å². The number of carbonyl (C=O) groups excluding carboxylic acids is 1. The molecule has 0 saturated carbocycles. The van der Waals surface area contributed by atoms with Crippen LogP contribution in [0.1, 0.15) is 20.3 Å². The fourth-order valence-corrected chi connectivity index (χ4v) is 0.657. The van der Waals surface area contributed by atoms with E-state index in [0.717, 1.165) is 0 Å². The minimum absolute atomic E-state index is 0.0724. The van der Waals surface area contributed by atoms with Crippen molar-refractivity contribution in [1.29, 1.82) is 0 Å². The summed E-state index contributed by atoms with van der Waals surface area (Å²) in [5.74, 6) is -0.312. The summed E-state index contributed by atoms with van der Waals surface area (Å²) in [4.78, 5) is 10.9. The molecule has 74 valence electrons. The van der Waals surface area contributed by atoms with Gasteiger partial charge in [-0.05, 0) is 26.1 Å². The van der Waals surface area contributed by atoms with Crippen LogP contribution >= 0.6 is 12.2 Å². The number of nitrogens with two attached hydrogens (primary N) is 1. The normalized spacial score (nSPS) is 10.8. The molecule has 0 atom stereocenters. The second kappa shape index (κ2) is 6.36. The van der Waals surface area contributed by atoms with E-state index in [0.29, 0.717) is 12.3 Å². The van der Waals surface area contributed by atoms with Crippen LogP contribution in [0, 0.1) is 0 Å². The van der Waals surface area contributed by atoms with Crippen molar-refractivity contribution in [2.45, 2.75) is 20.3 Å². The number of ether oxygens (including phenoxy) is 1. The summed E-state index contributed by atoms with van der Waals surface area (Å²) in [6.45, 7) is 3.80. The Balaban J connectivity index is 3.84. The van der Waals surface area contributed by atoms with Gasteiger partial charge in [-0.3, -0.25) is 10.2 Å². The SMILES string of the molecule is CCOC(=O)C/C(C)=N\NC(N)=S. The maximum absolute atomic E-state index is 10.9. The second-order valence-electron chi connectivity index (χ2n) is 2.30. The summed E-state index contributed by atoms with van der Waals surface area (Å²) in [7, 11) is 0. The summed E-state index contributed by atoms with van der Waals surface area (Å²) in [6, 6.07) is 0. The molecule has 6 heteroatoms. The Kier molecular flexibility index (Phi) is 5.79. The third-order valence-electron chi connectivity index (χ3n) is 1.06. The molecular weight excluding hydrogens is 190 g/mol. The lowest BCUT2D eigenvalue weighted by Crippen LogP contribution is -2.25. The van der Waals surface area contributed by atoms with E-state index < -0.39 is 0 Å². The van der Waals surface area contributed by atoms with Gasteiger partial charge in [0.1, 0.15) is 0 Å². The highest BCUT2D eigenvalue weighted by atomic mass is 32.1. The maximum atomic E-state index is 10.9. The van der Waals surface area contributed by atoms with E-state index in [4.69, 9.17) is 10.5 Å². The molecule has 0 aliphatic carbocycles. The van der Waals surface area contributed by atoms with Crippen LogP contribution in [-0.4, -0.2) is 23.4 Å². The molecule has 0 aliphatic heterocycles. The third kappa shape index (κ3) is 7.20. The van der Waals surface area contributed by atoms with Gasteiger partial charge >= 0.3 is 5.97 Å². The Bertz CT molecular complexity index is 228. The number of hydrogen-bond donors (Lipinski definition) is 2. The van der Waals surface area contributed by atoms with Gasteiger partial charge < -0.3 is 10.5 Å². The summed E-state index contributed by atoms with van der Waals surface area (Å²) >= 11 is 4.52. The van der Waals surface area contributed by atoms with Crippen molar-refractivity contribution < 1.29 is 9.53 Å². The van der Waals surface area contributed by atoms with Crippen LogP contribution in [0.25, 0.3) is 0 Å². The number of carbonyl (C=O) groups is 1. The van der Waals surface area contributed by atoms with Gasteiger partial charge in [-0.2, -0.15) is 5.10 Å². The minimum atomic E-state index is -0.312. The molecule has 0 aliphatic rings. The predicted molar refractivity (Wildman–Crippen MR) is 54.3 cm³/mol. The van der Waals surface area contributed by atoms with Crippen molar-refractivity contribution in [3.8, 4) is 0 Å². The zero-order valence-corrected chi connectivity index (χ0v) is 8.48. The number of hydrogen-bond acceptors (Lipinski definition) is 4. The Morgan fingerprint density at radius 1 is 1.69 bits per heavy atom. The first-order valence-electron chi connectivity index (χ1n) is 3.80. The Morgan fingerprint density at radius 2 is 2.31 bits per heavy atom. The van der Waals surface area contributed by atoms with E-state index in [9.17, 15) is 4.79 Å². The summed E-state index contributed by atoms with van der Waals surface area (Å²) in [5.41, 5.74) is 8.08. The van der Waals surface area contributed by atoms with Gasteiger partial charge in [0.2, 0.25) is 0 Å². The fourth-order valence-electron chi connectivity index (χ4n) is 0.611. The molecule has 0 aromatic carbocycles. The summed E-state index contributed by atoms with van der Waals surface area (Å²) in [5, 5.41) is 3.82. The number of hydrazone groups is 1. The van der Waals surface area contributed by atoms with Crippen molar-refractivity contribution >= 4 is 29.0 Å². The molecule has 0 heterocycles. The molecule has 0 aromatic heterocycles. The van der Waals surface area contributed by atoms with E-state index in [1.54, 1.807) is 13.8 Å². The average molecular weight is 203 g/mol. The van der Waals surface area contributed by atoms with Crippen LogP contribution < -0.4 is 11.2 Å². The molecule has 0 bridgehead atoms.